The van der Waals surface area contributed by atoms with Gasteiger partial charge in [-0.1, -0.05) is 11.6 Å². The molecule has 1 atom stereocenters. The topological polar surface area (TPSA) is 55.6 Å². The average Bonchev–Trinajstić information content (AvgIpc) is 2.38. The van der Waals surface area contributed by atoms with Gasteiger partial charge in [-0.15, -0.1) is 12.4 Å². The van der Waals surface area contributed by atoms with Crippen LogP contribution in [-0.2, 0) is 4.74 Å². The van der Waals surface area contributed by atoms with Crippen molar-refractivity contribution in [3.05, 3.63) is 33.3 Å². The van der Waals surface area contributed by atoms with E-state index in [9.17, 15) is 4.79 Å². The van der Waals surface area contributed by atoms with Crippen molar-refractivity contribution >= 4 is 45.8 Å². The van der Waals surface area contributed by atoms with Crippen LogP contribution in [0.15, 0.2) is 22.7 Å². The van der Waals surface area contributed by atoms with E-state index in [-0.39, 0.29) is 24.4 Å². The van der Waals surface area contributed by atoms with E-state index in [0.717, 1.165) is 0 Å². The summed E-state index contributed by atoms with van der Waals surface area (Å²) in [6, 6.07) is 5.15. The molecule has 0 aliphatic carbocycles. The smallest absolute Gasteiger partial charge is 0.255 e. The predicted octanol–water partition coefficient (Wildman–Crippen LogP) is 2.32. The van der Waals surface area contributed by atoms with Gasteiger partial charge in [0.05, 0.1) is 18.3 Å². The van der Waals surface area contributed by atoms with Crippen molar-refractivity contribution in [2.45, 2.75) is 6.10 Å². The normalized spacial score (nSPS) is 18.9. The van der Waals surface area contributed by atoms with Crippen molar-refractivity contribution in [1.29, 1.82) is 0 Å². The first-order valence-electron chi connectivity index (χ1n) is 5.68. The van der Waals surface area contributed by atoms with E-state index in [0.29, 0.717) is 41.3 Å². The summed E-state index contributed by atoms with van der Waals surface area (Å²) >= 11 is 9.22. The Hall–Kier alpha value is -0.330. The van der Waals surface area contributed by atoms with E-state index in [1.54, 1.807) is 23.1 Å². The second-order valence-electron chi connectivity index (χ2n) is 4.10. The molecule has 0 radical (unpaired) electrons. The van der Waals surface area contributed by atoms with Gasteiger partial charge >= 0.3 is 0 Å². The second kappa shape index (κ2) is 7.45. The fourth-order valence-corrected chi connectivity index (χ4v) is 2.73. The zero-order chi connectivity index (χ0) is 13.1. The molecule has 0 bridgehead atoms. The third-order valence-electron chi connectivity index (χ3n) is 2.85. The lowest BCUT2D eigenvalue weighted by molar-refractivity contribution is -0.0167. The number of rotatable bonds is 2. The lowest BCUT2D eigenvalue weighted by atomic mass is 10.1. The van der Waals surface area contributed by atoms with Crippen LogP contribution >= 0.6 is 39.9 Å². The molecule has 2 rings (SSSR count). The molecule has 0 spiro atoms. The van der Waals surface area contributed by atoms with Crippen LogP contribution in [0.3, 0.4) is 0 Å². The number of morpholine rings is 1. The zero-order valence-corrected chi connectivity index (χ0v) is 13.3. The molecule has 1 unspecified atom stereocenters. The van der Waals surface area contributed by atoms with Gasteiger partial charge in [-0.25, -0.2) is 0 Å². The zero-order valence-electron chi connectivity index (χ0n) is 10.1. The lowest BCUT2D eigenvalue weighted by Gasteiger charge is -2.32. The van der Waals surface area contributed by atoms with E-state index in [1.807, 2.05) is 0 Å². The highest BCUT2D eigenvalue weighted by molar-refractivity contribution is 9.10. The molecular formula is C12H15BrCl2N2O2. The molecule has 0 aromatic heterocycles. The van der Waals surface area contributed by atoms with Crippen LogP contribution in [0.2, 0.25) is 5.02 Å². The molecule has 1 fully saturated rings. The number of hydrogen-bond acceptors (Lipinski definition) is 3. The number of benzene rings is 1. The summed E-state index contributed by atoms with van der Waals surface area (Å²) < 4.78 is 6.15. The maximum atomic E-state index is 12.3. The van der Waals surface area contributed by atoms with Gasteiger partial charge in [-0.05, 0) is 34.1 Å². The molecule has 1 saturated heterocycles. The van der Waals surface area contributed by atoms with Crippen LogP contribution in [-0.4, -0.2) is 43.2 Å². The predicted molar refractivity (Wildman–Crippen MR) is 81.1 cm³/mol. The number of carbonyl (C=O) groups excluding carboxylic acids is 1. The lowest BCUT2D eigenvalue weighted by Crippen LogP contribution is -2.48. The minimum atomic E-state index is -0.0752. The van der Waals surface area contributed by atoms with E-state index in [1.165, 1.54) is 0 Å². The van der Waals surface area contributed by atoms with Gasteiger partial charge in [-0.3, -0.25) is 4.79 Å². The maximum Gasteiger partial charge on any atom is 0.255 e. The third-order valence-corrected chi connectivity index (χ3v) is 3.74. The summed E-state index contributed by atoms with van der Waals surface area (Å²) in [6.07, 6.45) is -0.0752. The molecule has 1 aliphatic heterocycles. The van der Waals surface area contributed by atoms with Crippen molar-refractivity contribution in [2.75, 3.05) is 26.2 Å². The Kier molecular flexibility index (Phi) is 6.56. The van der Waals surface area contributed by atoms with Gasteiger partial charge < -0.3 is 15.4 Å². The van der Waals surface area contributed by atoms with Gasteiger partial charge in [0.2, 0.25) is 0 Å². The second-order valence-corrected chi connectivity index (χ2v) is 5.39. The van der Waals surface area contributed by atoms with Gasteiger partial charge in [0, 0.05) is 29.1 Å². The number of hydrogen-bond donors (Lipinski definition) is 1. The first-order valence-corrected chi connectivity index (χ1v) is 6.85. The fourth-order valence-electron chi connectivity index (χ4n) is 1.88. The molecule has 2 N–H and O–H groups in total. The third kappa shape index (κ3) is 4.07. The van der Waals surface area contributed by atoms with Crippen molar-refractivity contribution in [2.24, 2.45) is 5.73 Å². The number of amides is 1. The fraction of sp³-hybridized carbons (Fsp3) is 0.417. The Morgan fingerprint density at radius 1 is 1.58 bits per heavy atom. The summed E-state index contributed by atoms with van der Waals surface area (Å²) in [5.74, 6) is -0.0275. The number of nitrogens with two attached hydrogens (primary N) is 1. The van der Waals surface area contributed by atoms with Crippen molar-refractivity contribution in [3.8, 4) is 0 Å². The molecule has 1 aromatic rings. The van der Waals surface area contributed by atoms with Gasteiger partial charge in [0.1, 0.15) is 0 Å². The van der Waals surface area contributed by atoms with Gasteiger partial charge in [-0.2, -0.15) is 0 Å². The van der Waals surface area contributed by atoms with Crippen molar-refractivity contribution in [1.82, 2.24) is 4.90 Å². The molecule has 0 saturated carbocycles. The SMILES string of the molecule is Cl.NCC1CN(C(=O)c2ccc(Cl)cc2Br)CCO1. The minimum Gasteiger partial charge on any atom is -0.373 e. The van der Waals surface area contributed by atoms with E-state index < -0.39 is 0 Å². The van der Waals surface area contributed by atoms with E-state index >= 15 is 0 Å². The molecule has 7 heteroatoms. The number of carbonyl (C=O) groups is 1. The highest BCUT2D eigenvalue weighted by atomic mass is 79.9. The summed E-state index contributed by atoms with van der Waals surface area (Å²) in [5.41, 5.74) is 6.17. The number of nitrogens with zero attached hydrogens (tertiary/aromatic N) is 1. The monoisotopic (exact) mass is 368 g/mol. The van der Waals surface area contributed by atoms with Crippen LogP contribution in [0.4, 0.5) is 0 Å². The minimum absolute atomic E-state index is 0. The largest absolute Gasteiger partial charge is 0.373 e. The summed E-state index contributed by atoms with van der Waals surface area (Å²) in [6.45, 7) is 2.07. The van der Waals surface area contributed by atoms with Crippen LogP contribution in [0.5, 0.6) is 0 Å². The van der Waals surface area contributed by atoms with Crippen LogP contribution in [0.25, 0.3) is 0 Å². The van der Waals surface area contributed by atoms with Gasteiger partial charge in [0.15, 0.2) is 0 Å². The maximum absolute atomic E-state index is 12.3. The van der Waals surface area contributed by atoms with E-state index in [2.05, 4.69) is 15.9 Å². The van der Waals surface area contributed by atoms with Gasteiger partial charge in [0.25, 0.3) is 5.91 Å². The molecule has 1 amide bonds. The standard InChI is InChI=1S/C12H14BrClN2O2.ClH/c13-11-5-8(14)1-2-10(11)12(17)16-3-4-18-9(6-15)7-16;/h1-2,5,9H,3-4,6-7,15H2;1H. The Morgan fingerprint density at radius 3 is 2.95 bits per heavy atom. The molecular weight excluding hydrogens is 355 g/mol. The molecule has 1 heterocycles. The van der Waals surface area contributed by atoms with Crippen LogP contribution < -0.4 is 5.73 Å². The van der Waals surface area contributed by atoms with Crippen LogP contribution in [0, 0.1) is 0 Å². The Balaban J connectivity index is 0.00000180. The molecule has 4 nitrogen and oxygen atoms in total. The Labute approximate surface area is 131 Å². The van der Waals surface area contributed by atoms with E-state index in [4.69, 9.17) is 22.1 Å². The molecule has 1 aliphatic rings. The molecule has 19 heavy (non-hydrogen) atoms. The molecule has 106 valence electrons. The van der Waals surface area contributed by atoms with Crippen LogP contribution in [0.1, 0.15) is 10.4 Å². The highest BCUT2D eigenvalue weighted by Gasteiger charge is 2.25. The Morgan fingerprint density at radius 2 is 2.32 bits per heavy atom. The summed E-state index contributed by atoms with van der Waals surface area (Å²) in [7, 11) is 0. The van der Waals surface area contributed by atoms with Crippen molar-refractivity contribution < 1.29 is 9.53 Å². The summed E-state index contributed by atoms with van der Waals surface area (Å²) in [5, 5.41) is 0.597. The Bertz CT molecular complexity index is 459. The first-order chi connectivity index (χ1) is 8.61. The highest BCUT2D eigenvalue weighted by Crippen LogP contribution is 2.23. The number of halogens is 3. The molecule has 1 aromatic carbocycles. The number of ether oxygens (including phenoxy) is 1. The first kappa shape index (κ1) is 16.7. The van der Waals surface area contributed by atoms with Crippen molar-refractivity contribution in [3.63, 3.8) is 0 Å². The average molecular weight is 370 g/mol. The quantitative estimate of drug-likeness (QED) is 0.870. The summed E-state index contributed by atoms with van der Waals surface area (Å²) in [4.78, 5) is 14.1.